The standard InChI is InChI=1S/C12H23NO2/c1-4-13(8-9(2)12(14)15)10(3)7-11-5-6-11/h9-11H,4-8H2,1-3H3,(H,14,15). The van der Waals surface area contributed by atoms with Crippen LogP contribution in [0.1, 0.15) is 40.0 Å². The first-order valence-corrected chi connectivity index (χ1v) is 6.01. The van der Waals surface area contributed by atoms with Crippen LogP contribution in [0.5, 0.6) is 0 Å². The van der Waals surface area contributed by atoms with Crippen molar-refractivity contribution in [1.29, 1.82) is 0 Å². The number of nitrogens with zero attached hydrogens (tertiary/aromatic N) is 1. The second kappa shape index (κ2) is 5.50. The van der Waals surface area contributed by atoms with E-state index in [2.05, 4.69) is 18.7 Å². The summed E-state index contributed by atoms with van der Waals surface area (Å²) in [5.74, 6) is -0.0344. The zero-order chi connectivity index (χ0) is 11.4. The summed E-state index contributed by atoms with van der Waals surface area (Å²) < 4.78 is 0. The van der Waals surface area contributed by atoms with Gasteiger partial charge in [-0.2, -0.15) is 0 Å². The van der Waals surface area contributed by atoms with E-state index in [4.69, 9.17) is 5.11 Å². The maximum atomic E-state index is 10.8. The van der Waals surface area contributed by atoms with Crippen molar-refractivity contribution in [2.45, 2.75) is 46.1 Å². The number of carboxylic acid groups (broad SMARTS) is 1. The molecule has 0 saturated heterocycles. The molecular formula is C12H23NO2. The molecule has 1 N–H and O–H groups in total. The SMILES string of the molecule is CCN(CC(C)C(=O)O)C(C)CC1CC1. The van der Waals surface area contributed by atoms with Gasteiger partial charge in [-0.3, -0.25) is 4.79 Å². The zero-order valence-electron chi connectivity index (χ0n) is 10.1. The number of hydrogen-bond acceptors (Lipinski definition) is 2. The van der Waals surface area contributed by atoms with Crippen molar-refractivity contribution in [1.82, 2.24) is 4.90 Å². The first kappa shape index (κ1) is 12.5. The minimum absolute atomic E-state index is 0.258. The zero-order valence-corrected chi connectivity index (χ0v) is 10.1. The predicted molar refractivity (Wildman–Crippen MR) is 60.8 cm³/mol. The fourth-order valence-corrected chi connectivity index (χ4v) is 2.04. The summed E-state index contributed by atoms with van der Waals surface area (Å²) in [4.78, 5) is 13.1. The van der Waals surface area contributed by atoms with Gasteiger partial charge < -0.3 is 10.0 Å². The molecule has 88 valence electrons. The predicted octanol–water partition coefficient (Wildman–Crippen LogP) is 2.22. The van der Waals surface area contributed by atoms with Crippen molar-refractivity contribution in [3.63, 3.8) is 0 Å². The number of aliphatic carboxylic acids is 1. The minimum Gasteiger partial charge on any atom is -0.481 e. The summed E-state index contributed by atoms with van der Waals surface area (Å²) in [5, 5.41) is 8.88. The Morgan fingerprint density at radius 2 is 2.07 bits per heavy atom. The first-order chi connectivity index (χ1) is 7.04. The van der Waals surface area contributed by atoms with Gasteiger partial charge in [-0.25, -0.2) is 0 Å². The molecule has 0 radical (unpaired) electrons. The molecule has 2 unspecified atom stereocenters. The molecule has 1 aliphatic carbocycles. The summed E-state index contributed by atoms with van der Waals surface area (Å²) in [6.45, 7) is 7.74. The van der Waals surface area contributed by atoms with Gasteiger partial charge in [-0.15, -0.1) is 0 Å². The lowest BCUT2D eigenvalue weighted by molar-refractivity contribution is -0.141. The molecule has 0 aromatic rings. The molecule has 0 bridgehead atoms. The van der Waals surface area contributed by atoms with Gasteiger partial charge in [-0.05, 0) is 25.8 Å². The maximum absolute atomic E-state index is 10.8. The van der Waals surface area contributed by atoms with E-state index in [0.29, 0.717) is 12.6 Å². The molecule has 1 aliphatic rings. The van der Waals surface area contributed by atoms with Crippen molar-refractivity contribution >= 4 is 5.97 Å². The van der Waals surface area contributed by atoms with Gasteiger partial charge >= 0.3 is 5.97 Å². The third kappa shape index (κ3) is 4.20. The lowest BCUT2D eigenvalue weighted by atomic mass is 10.1. The lowest BCUT2D eigenvalue weighted by Crippen LogP contribution is -2.38. The Hall–Kier alpha value is -0.570. The Kier molecular flexibility index (Phi) is 4.58. The van der Waals surface area contributed by atoms with Gasteiger partial charge in [0.25, 0.3) is 0 Å². The molecule has 1 fully saturated rings. The van der Waals surface area contributed by atoms with Crippen LogP contribution in [0.15, 0.2) is 0 Å². The van der Waals surface area contributed by atoms with E-state index >= 15 is 0 Å². The molecule has 3 heteroatoms. The van der Waals surface area contributed by atoms with Crippen LogP contribution in [0.4, 0.5) is 0 Å². The summed E-state index contributed by atoms with van der Waals surface area (Å²) in [6, 6.07) is 0.532. The molecule has 1 saturated carbocycles. The fraction of sp³-hybridized carbons (Fsp3) is 0.917. The molecule has 0 spiro atoms. The third-order valence-electron chi connectivity index (χ3n) is 3.33. The van der Waals surface area contributed by atoms with Crippen LogP contribution in [0.3, 0.4) is 0 Å². The monoisotopic (exact) mass is 213 g/mol. The summed E-state index contributed by atoms with van der Waals surface area (Å²) in [5.41, 5.74) is 0. The highest BCUT2D eigenvalue weighted by atomic mass is 16.4. The van der Waals surface area contributed by atoms with Crippen molar-refractivity contribution in [2.75, 3.05) is 13.1 Å². The van der Waals surface area contributed by atoms with Crippen LogP contribution >= 0.6 is 0 Å². The maximum Gasteiger partial charge on any atom is 0.307 e. The summed E-state index contributed by atoms with van der Waals surface area (Å²) in [7, 11) is 0. The Labute approximate surface area is 92.5 Å². The van der Waals surface area contributed by atoms with E-state index in [1.54, 1.807) is 6.92 Å². The first-order valence-electron chi connectivity index (χ1n) is 6.01. The molecule has 0 aliphatic heterocycles. The normalized spacial score (nSPS) is 20.3. The molecule has 0 aromatic heterocycles. The van der Waals surface area contributed by atoms with Crippen LogP contribution in [-0.2, 0) is 4.79 Å². The quantitative estimate of drug-likeness (QED) is 0.705. The highest BCUT2D eigenvalue weighted by Crippen LogP contribution is 2.34. The number of carboxylic acids is 1. The summed E-state index contributed by atoms with van der Waals surface area (Å²) in [6.07, 6.45) is 3.98. The second-order valence-corrected chi connectivity index (χ2v) is 4.85. The van der Waals surface area contributed by atoms with Crippen molar-refractivity contribution in [3.05, 3.63) is 0 Å². The largest absolute Gasteiger partial charge is 0.481 e. The minimum atomic E-state index is -0.688. The highest BCUT2D eigenvalue weighted by molar-refractivity contribution is 5.69. The average molecular weight is 213 g/mol. The third-order valence-corrected chi connectivity index (χ3v) is 3.33. The number of hydrogen-bond donors (Lipinski definition) is 1. The van der Waals surface area contributed by atoms with E-state index in [1.807, 2.05) is 0 Å². The van der Waals surface area contributed by atoms with E-state index in [0.717, 1.165) is 12.5 Å². The molecule has 2 atom stereocenters. The van der Waals surface area contributed by atoms with Gasteiger partial charge in [0, 0.05) is 12.6 Å². The van der Waals surface area contributed by atoms with Gasteiger partial charge in [-0.1, -0.05) is 26.7 Å². The second-order valence-electron chi connectivity index (χ2n) is 4.85. The van der Waals surface area contributed by atoms with Gasteiger partial charge in [0.1, 0.15) is 0 Å². The average Bonchev–Trinajstić information content (AvgIpc) is 2.96. The fourth-order valence-electron chi connectivity index (χ4n) is 2.04. The molecule has 0 heterocycles. The Bertz CT molecular complexity index is 214. The Balaban J connectivity index is 2.35. The molecule has 0 aromatic carbocycles. The van der Waals surface area contributed by atoms with Gasteiger partial charge in [0.15, 0.2) is 0 Å². The Morgan fingerprint density at radius 1 is 1.47 bits per heavy atom. The van der Waals surface area contributed by atoms with Crippen LogP contribution < -0.4 is 0 Å². The van der Waals surface area contributed by atoms with Gasteiger partial charge in [0.2, 0.25) is 0 Å². The van der Waals surface area contributed by atoms with E-state index < -0.39 is 5.97 Å². The van der Waals surface area contributed by atoms with Crippen LogP contribution in [0, 0.1) is 11.8 Å². The number of carbonyl (C=O) groups is 1. The smallest absolute Gasteiger partial charge is 0.307 e. The molecule has 15 heavy (non-hydrogen) atoms. The van der Waals surface area contributed by atoms with Crippen molar-refractivity contribution < 1.29 is 9.90 Å². The van der Waals surface area contributed by atoms with Crippen LogP contribution in [-0.4, -0.2) is 35.1 Å². The van der Waals surface area contributed by atoms with E-state index in [9.17, 15) is 4.79 Å². The van der Waals surface area contributed by atoms with Crippen LogP contribution in [0.25, 0.3) is 0 Å². The summed E-state index contributed by atoms with van der Waals surface area (Å²) >= 11 is 0. The molecule has 3 nitrogen and oxygen atoms in total. The molecule has 0 amide bonds. The molecule has 1 rings (SSSR count). The van der Waals surface area contributed by atoms with Gasteiger partial charge in [0.05, 0.1) is 5.92 Å². The van der Waals surface area contributed by atoms with E-state index in [-0.39, 0.29) is 5.92 Å². The lowest BCUT2D eigenvalue weighted by Gasteiger charge is -2.29. The van der Waals surface area contributed by atoms with Crippen molar-refractivity contribution in [3.8, 4) is 0 Å². The Morgan fingerprint density at radius 3 is 2.47 bits per heavy atom. The topological polar surface area (TPSA) is 40.5 Å². The van der Waals surface area contributed by atoms with Crippen molar-refractivity contribution in [2.24, 2.45) is 11.8 Å². The highest BCUT2D eigenvalue weighted by Gasteiger charge is 2.27. The van der Waals surface area contributed by atoms with E-state index in [1.165, 1.54) is 19.3 Å². The molecular weight excluding hydrogens is 190 g/mol. The number of rotatable bonds is 7. The van der Waals surface area contributed by atoms with Crippen LogP contribution in [0.2, 0.25) is 0 Å².